The Kier molecular flexibility index (Phi) is 17.3. The van der Waals surface area contributed by atoms with Gasteiger partial charge in [0.2, 0.25) is 5.91 Å². The minimum Gasteiger partial charge on any atom is -0.366 e. The average molecular weight is 453 g/mol. The van der Waals surface area contributed by atoms with E-state index in [1.54, 1.807) is 38.2 Å². The quantitative estimate of drug-likeness (QED) is 0.184. The third-order valence-electron chi connectivity index (χ3n) is 4.32. The number of hydrogen-bond donors (Lipinski definition) is 3. The molecule has 0 fully saturated rings. The zero-order valence-corrected chi connectivity index (χ0v) is 21.4. The van der Waals surface area contributed by atoms with Gasteiger partial charge in [0.1, 0.15) is 5.82 Å². The van der Waals surface area contributed by atoms with Crippen molar-refractivity contribution < 1.29 is 4.79 Å². The molecule has 1 amide bonds. The fourth-order valence-corrected chi connectivity index (χ4v) is 2.57. The summed E-state index contributed by atoms with van der Waals surface area (Å²) in [6, 6.07) is 2.07. The summed E-state index contributed by atoms with van der Waals surface area (Å²) in [7, 11) is 1.88. The van der Waals surface area contributed by atoms with Gasteiger partial charge >= 0.3 is 0 Å². The highest BCUT2D eigenvalue weighted by Crippen LogP contribution is 2.21. The lowest BCUT2D eigenvalue weighted by molar-refractivity contribution is -0.114. The standard InChI is InChI=1S/C19H25N5O.C5H9N.C2H6/c1-6-15(18(22)25)7-8-16(10-20)14(4)19-23-17(11-24(19)5)12(2)9-13(3)21;1-2-3-4-5-6;1-2/h6-11,20-21H,1-5H3,(H2,22,25);2-4H2,1H3;1-2H3/b8-7-,12-9+,15-6?,16-14-,20-10?,21-13?;;. The predicted molar refractivity (Wildman–Crippen MR) is 140 cm³/mol. The first kappa shape index (κ1) is 31.7. The smallest absolute Gasteiger partial charge is 0.248 e. The molecule has 0 saturated carbocycles. The van der Waals surface area contributed by atoms with E-state index in [9.17, 15) is 4.79 Å². The molecule has 1 aromatic heterocycles. The summed E-state index contributed by atoms with van der Waals surface area (Å²) in [5.41, 5.74) is 9.25. The molecule has 0 atom stereocenters. The minimum atomic E-state index is -0.511. The third kappa shape index (κ3) is 12.2. The molecule has 0 saturated heterocycles. The van der Waals surface area contributed by atoms with E-state index >= 15 is 0 Å². The van der Waals surface area contributed by atoms with Crippen molar-refractivity contribution in [3.05, 3.63) is 53.2 Å². The molecule has 0 radical (unpaired) electrons. The molecule has 7 nitrogen and oxygen atoms in total. The molecule has 0 bridgehead atoms. The molecule has 0 aliphatic rings. The van der Waals surface area contributed by atoms with Crippen LogP contribution in [0.15, 0.2) is 41.6 Å². The van der Waals surface area contributed by atoms with E-state index in [1.165, 1.54) is 6.21 Å². The number of nitrogens with one attached hydrogen (secondary N) is 2. The van der Waals surface area contributed by atoms with Gasteiger partial charge in [0, 0.05) is 42.7 Å². The van der Waals surface area contributed by atoms with Crippen molar-refractivity contribution in [1.29, 1.82) is 16.1 Å². The molecule has 0 spiro atoms. The Bertz CT molecular complexity index is 952. The van der Waals surface area contributed by atoms with Crippen molar-refractivity contribution in [3.8, 4) is 6.07 Å². The third-order valence-corrected chi connectivity index (χ3v) is 4.32. The van der Waals surface area contributed by atoms with Crippen LogP contribution in [0, 0.1) is 22.1 Å². The van der Waals surface area contributed by atoms with E-state index < -0.39 is 5.91 Å². The van der Waals surface area contributed by atoms with Gasteiger partial charge < -0.3 is 21.1 Å². The summed E-state index contributed by atoms with van der Waals surface area (Å²) in [6.45, 7) is 13.3. The van der Waals surface area contributed by atoms with Gasteiger partial charge in [-0.15, -0.1) is 0 Å². The molecule has 0 aliphatic heterocycles. The van der Waals surface area contributed by atoms with E-state index in [0.29, 0.717) is 16.9 Å². The molecular formula is C26H40N6O. The van der Waals surface area contributed by atoms with Crippen molar-refractivity contribution in [2.75, 3.05) is 0 Å². The number of aryl methyl sites for hydroxylation is 1. The highest BCUT2D eigenvalue weighted by Gasteiger charge is 2.11. The highest BCUT2D eigenvalue weighted by molar-refractivity contribution is 5.97. The second-order valence-electron chi connectivity index (χ2n) is 7.00. The van der Waals surface area contributed by atoms with Crippen molar-refractivity contribution in [3.63, 3.8) is 0 Å². The van der Waals surface area contributed by atoms with Crippen molar-refractivity contribution in [2.45, 2.75) is 67.7 Å². The molecule has 1 aromatic rings. The molecule has 33 heavy (non-hydrogen) atoms. The minimum absolute atomic E-state index is 0.382. The Balaban J connectivity index is 0. The second-order valence-corrected chi connectivity index (χ2v) is 7.00. The number of amides is 1. The normalized spacial score (nSPS) is 12.0. The van der Waals surface area contributed by atoms with Gasteiger partial charge in [-0.2, -0.15) is 5.26 Å². The Morgan fingerprint density at radius 2 is 1.88 bits per heavy atom. The Hall–Kier alpha value is -3.53. The topological polar surface area (TPSA) is 132 Å². The zero-order valence-electron chi connectivity index (χ0n) is 21.4. The Morgan fingerprint density at radius 1 is 1.27 bits per heavy atom. The molecule has 0 aliphatic carbocycles. The van der Waals surface area contributed by atoms with Crippen LogP contribution in [-0.4, -0.2) is 27.4 Å². The number of nitrogens with zero attached hydrogens (tertiary/aromatic N) is 3. The first-order valence-corrected chi connectivity index (χ1v) is 11.1. The largest absolute Gasteiger partial charge is 0.366 e. The van der Waals surface area contributed by atoms with Crippen molar-refractivity contribution >= 4 is 29.0 Å². The van der Waals surface area contributed by atoms with Gasteiger partial charge in [-0.3, -0.25) is 4.79 Å². The van der Waals surface area contributed by atoms with Crippen molar-refractivity contribution in [2.24, 2.45) is 12.8 Å². The summed E-state index contributed by atoms with van der Waals surface area (Å²) in [6.07, 6.45) is 12.7. The van der Waals surface area contributed by atoms with Crippen LogP contribution in [0.1, 0.15) is 79.2 Å². The van der Waals surface area contributed by atoms with Crippen LogP contribution in [0.2, 0.25) is 0 Å². The monoisotopic (exact) mass is 452 g/mol. The summed E-state index contributed by atoms with van der Waals surface area (Å²) in [5, 5.41) is 23.2. The van der Waals surface area contributed by atoms with Crippen LogP contribution < -0.4 is 5.73 Å². The first-order chi connectivity index (χ1) is 15.6. The molecule has 0 aromatic carbocycles. The molecule has 180 valence electrons. The van der Waals surface area contributed by atoms with Gasteiger partial charge in [0.05, 0.1) is 11.8 Å². The van der Waals surface area contributed by atoms with Crippen LogP contribution in [0.3, 0.4) is 0 Å². The summed E-state index contributed by atoms with van der Waals surface area (Å²) in [5.74, 6) is 0.206. The molecule has 0 unspecified atom stereocenters. The van der Waals surface area contributed by atoms with E-state index in [0.717, 1.165) is 41.9 Å². The molecule has 1 rings (SSSR count). The van der Waals surface area contributed by atoms with Gasteiger partial charge in [0.25, 0.3) is 0 Å². The fraction of sp³-hybridized carbons (Fsp3) is 0.423. The van der Waals surface area contributed by atoms with E-state index in [-0.39, 0.29) is 0 Å². The summed E-state index contributed by atoms with van der Waals surface area (Å²) in [4.78, 5) is 15.9. The predicted octanol–water partition coefficient (Wildman–Crippen LogP) is 6.00. The lowest BCUT2D eigenvalue weighted by Gasteiger charge is -2.04. The number of allylic oxidation sites excluding steroid dienone is 6. The SMILES string of the molecule is CC.CC=C(/C=C\C(C=N)=C(/C)c1nc(/C(C)=C/C(C)=N)cn1C)C(N)=O.CCCCC#N. The first-order valence-electron chi connectivity index (χ1n) is 11.1. The van der Waals surface area contributed by atoms with Crippen LogP contribution in [0.25, 0.3) is 11.1 Å². The van der Waals surface area contributed by atoms with Crippen LogP contribution >= 0.6 is 0 Å². The number of unbranched alkanes of at least 4 members (excludes halogenated alkanes) is 2. The second kappa shape index (κ2) is 18.1. The lowest BCUT2D eigenvalue weighted by atomic mass is 10.1. The van der Waals surface area contributed by atoms with Crippen molar-refractivity contribution in [1.82, 2.24) is 9.55 Å². The number of nitriles is 1. The van der Waals surface area contributed by atoms with E-state index in [2.05, 4.69) is 18.0 Å². The zero-order chi connectivity index (χ0) is 26.0. The fourth-order valence-electron chi connectivity index (χ4n) is 2.57. The van der Waals surface area contributed by atoms with Crippen LogP contribution in [0.5, 0.6) is 0 Å². The molecule has 4 N–H and O–H groups in total. The van der Waals surface area contributed by atoms with E-state index in [1.807, 2.05) is 45.5 Å². The van der Waals surface area contributed by atoms with Crippen LogP contribution in [0.4, 0.5) is 0 Å². The number of carbonyl (C=O) groups is 1. The number of nitrogens with two attached hydrogens (primary N) is 1. The maximum absolute atomic E-state index is 11.3. The summed E-state index contributed by atoms with van der Waals surface area (Å²) < 4.78 is 1.88. The number of primary amides is 1. The molecule has 7 heteroatoms. The number of aromatic nitrogens is 2. The summed E-state index contributed by atoms with van der Waals surface area (Å²) >= 11 is 0. The number of rotatable bonds is 9. The average Bonchev–Trinajstić information content (AvgIpc) is 3.18. The number of imidazole rings is 1. The lowest BCUT2D eigenvalue weighted by Crippen LogP contribution is -2.12. The number of carbonyl (C=O) groups excluding carboxylic acids is 1. The molecular weight excluding hydrogens is 412 g/mol. The van der Waals surface area contributed by atoms with Gasteiger partial charge in [0.15, 0.2) is 0 Å². The van der Waals surface area contributed by atoms with E-state index in [4.69, 9.17) is 21.8 Å². The highest BCUT2D eigenvalue weighted by atomic mass is 16.1. The van der Waals surface area contributed by atoms with Gasteiger partial charge in [-0.05, 0) is 57.4 Å². The number of hydrogen-bond acceptors (Lipinski definition) is 5. The van der Waals surface area contributed by atoms with Gasteiger partial charge in [-0.25, -0.2) is 4.98 Å². The Morgan fingerprint density at radius 3 is 2.27 bits per heavy atom. The maximum atomic E-state index is 11.3. The van der Waals surface area contributed by atoms with Crippen LogP contribution in [-0.2, 0) is 11.8 Å². The van der Waals surface area contributed by atoms with Gasteiger partial charge in [-0.1, -0.05) is 39.3 Å². The maximum Gasteiger partial charge on any atom is 0.248 e. The Labute approximate surface area is 199 Å². The molecule has 1 heterocycles.